The number of hydrogen-bond donors (Lipinski definition) is 1. The van der Waals surface area contributed by atoms with Crippen LogP contribution in [-0.4, -0.2) is 48.2 Å². The topological polar surface area (TPSA) is 43.8 Å². The Morgan fingerprint density at radius 2 is 2.09 bits per heavy atom. The third-order valence-electron chi connectivity index (χ3n) is 4.99. The van der Waals surface area contributed by atoms with Gasteiger partial charge in [-0.15, -0.1) is 0 Å². The first-order valence-electron chi connectivity index (χ1n) is 8.02. The maximum absolute atomic E-state index is 12.7. The van der Waals surface area contributed by atoms with Crippen LogP contribution in [0.5, 0.6) is 0 Å². The second-order valence-electron chi connectivity index (χ2n) is 6.44. The molecule has 1 heterocycles. The molecule has 2 fully saturated rings. The number of para-hydroxylation sites is 1. The molecule has 5 heteroatoms. The number of nitrogens with zero attached hydrogens (tertiary/aromatic N) is 2. The van der Waals surface area contributed by atoms with E-state index >= 15 is 0 Å². The molecule has 1 aliphatic heterocycles. The summed E-state index contributed by atoms with van der Waals surface area (Å²) >= 11 is 6.21. The monoisotopic (exact) mass is 322 g/mol. The number of rotatable bonds is 4. The van der Waals surface area contributed by atoms with E-state index in [9.17, 15) is 9.90 Å². The zero-order valence-electron chi connectivity index (χ0n) is 12.9. The van der Waals surface area contributed by atoms with Crippen LogP contribution in [0.4, 0.5) is 5.69 Å². The molecular formula is C17H23ClN2O2. The Hall–Kier alpha value is -1.10. The normalized spacial score (nSPS) is 28.8. The zero-order chi connectivity index (χ0) is 15.7. The fourth-order valence-electron chi connectivity index (χ4n) is 3.71. The average Bonchev–Trinajstić information content (AvgIpc) is 3.06. The molecule has 3 rings (SSSR count). The van der Waals surface area contributed by atoms with Gasteiger partial charge in [0.25, 0.3) is 0 Å². The van der Waals surface area contributed by atoms with E-state index in [-0.39, 0.29) is 18.1 Å². The van der Waals surface area contributed by atoms with Crippen LogP contribution < -0.4 is 4.90 Å². The maximum Gasteiger partial charge on any atom is 0.244 e. The molecule has 1 amide bonds. The third kappa shape index (κ3) is 3.00. The summed E-state index contributed by atoms with van der Waals surface area (Å²) in [5, 5.41) is 10.6. The average molecular weight is 323 g/mol. The molecule has 0 bridgehead atoms. The number of carbonyl (C=O) groups excluding carboxylic acids is 1. The van der Waals surface area contributed by atoms with Crippen molar-refractivity contribution in [2.45, 2.75) is 37.8 Å². The van der Waals surface area contributed by atoms with Crippen LogP contribution in [0.15, 0.2) is 24.3 Å². The summed E-state index contributed by atoms with van der Waals surface area (Å²) in [6.45, 7) is 1.48. The van der Waals surface area contributed by atoms with E-state index in [4.69, 9.17) is 11.6 Å². The number of carbonyl (C=O) groups is 1. The number of hydrogen-bond acceptors (Lipinski definition) is 3. The summed E-state index contributed by atoms with van der Waals surface area (Å²) in [7, 11) is 1.99. The second kappa shape index (κ2) is 6.57. The van der Waals surface area contributed by atoms with Gasteiger partial charge in [-0.25, -0.2) is 0 Å². The fraction of sp³-hybridized carbons (Fsp3) is 0.588. The molecule has 1 N–H and O–H groups in total. The molecule has 0 radical (unpaired) electrons. The second-order valence-corrected chi connectivity index (χ2v) is 6.85. The van der Waals surface area contributed by atoms with E-state index in [0.717, 1.165) is 37.9 Å². The van der Waals surface area contributed by atoms with Crippen LogP contribution in [0.1, 0.15) is 25.7 Å². The lowest BCUT2D eigenvalue weighted by atomic mass is 10.0. The van der Waals surface area contributed by atoms with Gasteiger partial charge in [-0.1, -0.05) is 30.2 Å². The van der Waals surface area contributed by atoms with Crippen LogP contribution in [0.25, 0.3) is 0 Å². The van der Waals surface area contributed by atoms with E-state index in [1.54, 1.807) is 4.90 Å². The van der Waals surface area contributed by atoms with Crippen molar-refractivity contribution in [2.24, 2.45) is 5.92 Å². The Morgan fingerprint density at radius 1 is 1.32 bits per heavy atom. The number of likely N-dealkylation sites (N-methyl/N-ethyl adjacent to an activating group) is 1. The Labute approximate surface area is 136 Å². The number of aliphatic hydroxyl groups excluding tert-OH is 1. The van der Waals surface area contributed by atoms with Crippen LogP contribution in [0, 0.1) is 5.92 Å². The summed E-state index contributed by atoms with van der Waals surface area (Å²) in [4.78, 5) is 16.6. The van der Waals surface area contributed by atoms with Crippen molar-refractivity contribution >= 4 is 23.2 Å². The van der Waals surface area contributed by atoms with Crippen LogP contribution in [0.3, 0.4) is 0 Å². The molecule has 2 aliphatic rings. The minimum Gasteiger partial charge on any atom is -0.393 e. The molecule has 1 saturated carbocycles. The van der Waals surface area contributed by atoms with Crippen LogP contribution in [-0.2, 0) is 4.79 Å². The van der Waals surface area contributed by atoms with E-state index in [0.29, 0.717) is 17.5 Å². The molecule has 0 aromatic heterocycles. The molecule has 1 aromatic carbocycles. The molecule has 3 atom stereocenters. The standard InChI is InChI=1S/C17H23ClN2O2/c1-19(11-12-5-4-8-16(12)21)15-9-10-20(17(15)22)14-7-3-2-6-13(14)18/h2-3,6-7,12,15-16,21H,4-5,8-11H2,1H3. The third-order valence-corrected chi connectivity index (χ3v) is 5.31. The minimum absolute atomic E-state index is 0.107. The summed E-state index contributed by atoms with van der Waals surface area (Å²) < 4.78 is 0. The number of anilines is 1. The van der Waals surface area contributed by atoms with Crippen molar-refractivity contribution in [3.05, 3.63) is 29.3 Å². The van der Waals surface area contributed by atoms with Gasteiger partial charge in [-0.05, 0) is 44.4 Å². The molecule has 22 heavy (non-hydrogen) atoms. The minimum atomic E-state index is -0.210. The van der Waals surface area contributed by atoms with Gasteiger partial charge in [0.05, 0.1) is 22.9 Å². The molecule has 1 aliphatic carbocycles. The maximum atomic E-state index is 12.7. The summed E-state index contributed by atoms with van der Waals surface area (Å²) in [6, 6.07) is 7.38. The molecular weight excluding hydrogens is 300 g/mol. The highest BCUT2D eigenvalue weighted by molar-refractivity contribution is 6.33. The van der Waals surface area contributed by atoms with E-state index < -0.39 is 0 Å². The first kappa shape index (κ1) is 15.8. The molecule has 4 nitrogen and oxygen atoms in total. The molecule has 3 unspecified atom stereocenters. The van der Waals surface area contributed by atoms with Crippen molar-refractivity contribution < 1.29 is 9.90 Å². The summed E-state index contributed by atoms with van der Waals surface area (Å²) in [6.07, 6.45) is 3.63. The zero-order valence-corrected chi connectivity index (χ0v) is 13.7. The summed E-state index contributed by atoms with van der Waals surface area (Å²) in [5.74, 6) is 0.412. The number of halogens is 1. The van der Waals surface area contributed by atoms with Gasteiger partial charge in [0.2, 0.25) is 5.91 Å². The number of aliphatic hydroxyl groups is 1. The number of benzene rings is 1. The predicted molar refractivity (Wildman–Crippen MR) is 88.2 cm³/mol. The fourth-order valence-corrected chi connectivity index (χ4v) is 3.95. The van der Waals surface area contributed by atoms with Gasteiger partial charge in [-0.2, -0.15) is 0 Å². The lowest BCUT2D eigenvalue weighted by molar-refractivity contribution is -0.121. The molecule has 1 saturated heterocycles. The van der Waals surface area contributed by atoms with Gasteiger partial charge >= 0.3 is 0 Å². The van der Waals surface area contributed by atoms with Crippen LogP contribution >= 0.6 is 11.6 Å². The highest BCUT2D eigenvalue weighted by Gasteiger charge is 2.37. The molecule has 120 valence electrons. The highest BCUT2D eigenvalue weighted by atomic mass is 35.5. The summed E-state index contributed by atoms with van der Waals surface area (Å²) in [5.41, 5.74) is 0.797. The van der Waals surface area contributed by atoms with Gasteiger partial charge in [0.15, 0.2) is 0 Å². The van der Waals surface area contributed by atoms with E-state index in [1.807, 2.05) is 31.3 Å². The van der Waals surface area contributed by atoms with Crippen molar-refractivity contribution in [3.8, 4) is 0 Å². The van der Waals surface area contributed by atoms with Crippen LogP contribution in [0.2, 0.25) is 5.02 Å². The van der Waals surface area contributed by atoms with Gasteiger partial charge in [0.1, 0.15) is 0 Å². The van der Waals surface area contributed by atoms with Crippen molar-refractivity contribution in [3.63, 3.8) is 0 Å². The Balaban J connectivity index is 1.67. The van der Waals surface area contributed by atoms with Gasteiger partial charge in [-0.3, -0.25) is 9.69 Å². The largest absolute Gasteiger partial charge is 0.393 e. The first-order valence-corrected chi connectivity index (χ1v) is 8.40. The number of amides is 1. The van der Waals surface area contributed by atoms with Crippen molar-refractivity contribution in [1.82, 2.24) is 4.90 Å². The van der Waals surface area contributed by atoms with E-state index in [1.165, 1.54) is 0 Å². The Morgan fingerprint density at radius 3 is 2.77 bits per heavy atom. The lowest BCUT2D eigenvalue weighted by Crippen LogP contribution is -2.42. The first-order chi connectivity index (χ1) is 10.6. The van der Waals surface area contributed by atoms with E-state index in [2.05, 4.69) is 4.90 Å². The Kier molecular flexibility index (Phi) is 4.71. The van der Waals surface area contributed by atoms with Gasteiger partial charge in [0, 0.05) is 13.1 Å². The molecule has 0 spiro atoms. The van der Waals surface area contributed by atoms with Crippen molar-refractivity contribution in [2.75, 3.05) is 25.0 Å². The SMILES string of the molecule is CN(CC1CCCC1O)C1CCN(c2ccccc2Cl)C1=O. The molecule has 1 aromatic rings. The van der Waals surface area contributed by atoms with Crippen molar-refractivity contribution in [1.29, 1.82) is 0 Å². The smallest absolute Gasteiger partial charge is 0.244 e. The predicted octanol–water partition coefficient (Wildman–Crippen LogP) is 2.54. The Bertz CT molecular complexity index is 551. The quantitative estimate of drug-likeness (QED) is 0.926. The lowest BCUT2D eigenvalue weighted by Gasteiger charge is -2.27. The van der Waals surface area contributed by atoms with Gasteiger partial charge < -0.3 is 10.0 Å². The highest BCUT2D eigenvalue weighted by Crippen LogP contribution is 2.31.